The fourth-order valence-corrected chi connectivity index (χ4v) is 2.28. The van der Waals surface area contributed by atoms with Crippen molar-refractivity contribution in [3.05, 3.63) is 60.6 Å². The maximum absolute atomic E-state index is 4.51. The topological polar surface area (TPSA) is 56.5 Å². The van der Waals surface area contributed by atoms with E-state index in [0.717, 1.165) is 23.6 Å². The molecule has 0 aliphatic carbocycles. The van der Waals surface area contributed by atoms with E-state index in [1.54, 1.807) is 18.7 Å². The monoisotopic (exact) mass is 279 g/mol. The van der Waals surface area contributed by atoms with E-state index in [2.05, 4.69) is 44.4 Å². The van der Waals surface area contributed by atoms with Crippen molar-refractivity contribution in [1.29, 1.82) is 0 Å². The number of pyridine rings is 1. The molecular formula is C16H17N5. The molecule has 3 aromatic rings. The molecule has 0 radical (unpaired) electrons. The minimum absolute atomic E-state index is 0.0816. The highest BCUT2D eigenvalue weighted by molar-refractivity contribution is 5.50. The smallest absolute Gasteiger partial charge is 0.159 e. The molecule has 1 unspecified atom stereocenters. The van der Waals surface area contributed by atoms with Gasteiger partial charge in [0.2, 0.25) is 0 Å². The van der Waals surface area contributed by atoms with Gasteiger partial charge in [-0.15, -0.1) is 0 Å². The van der Waals surface area contributed by atoms with Crippen LogP contribution in [0.2, 0.25) is 0 Å². The Kier molecular flexibility index (Phi) is 3.73. The molecule has 0 saturated carbocycles. The van der Waals surface area contributed by atoms with Gasteiger partial charge in [0.1, 0.15) is 12.0 Å². The molecule has 0 bridgehead atoms. The van der Waals surface area contributed by atoms with Crippen LogP contribution in [-0.2, 0) is 6.42 Å². The highest BCUT2D eigenvalue weighted by Crippen LogP contribution is 2.23. The van der Waals surface area contributed by atoms with E-state index in [9.17, 15) is 0 Å². The number of aryl methyl sites for hydroxylation is 1. The Morgan fingerprint density at radius 3 is 2.67 bits per heavy atom. The van der Waals surface area contributed by atoms with E-state index in [0.29, 0.717) is 0 Å². The third-order valence-electron chi connectivity index (χ3n) is 3.58. The molecule has 0 N–H and O–H groups in total. The number of hydrogen-bond donors (Lipinski definition) is 0. The van der Waals surface area contributed by atoms with Crippen molar-refractivity contribution >= 4 is 0 Å². The summed E-state index contributed by atoms with van der Waals surface area (Å²) in [6.45, 7) is 4.21. The number of imidazole rings is 1. The lowest BCUT2D eigenvalue weighted by atomic mass is 10.2. The molecule has 3 heterocycles. The first kappa shape index (κ1) is 13.4. The first-order valence-electron chi connectivity index (χ1n) is 7.03. The predicted octanol–water partition coefficient (Wildman–Crippen LogP) is 2.91. The first-order valence-corrected chi connectivity index (χ1v) is 7.03. The average Bonchev–Trinajstić information content (AvgIpc) is 3.04. The molecule has 0 spiro atoms. The summed E-state index contributed by atoms with van der Waals surface area (Å²) < 4.78 is 2.08. The molecule has 5 heteroatoms. The molecule has 1 atom stereocenters. The van der Waals surface area contributed by atoms with Gasteiger partial charge in [0.05, 0.1) is 11.7 Å². The summed E-state index contributed by atoms with van der Waals surface area (Å²) in [5.74, 6) is 0.851. The molecule has 0 saturated heterocycles. The van der Waals surface area contributed by atoms with Crippen molar-refractivity contribution in [2.24, 2.45) is 0 Å². The van der Waals surface area contributed by atoms with E-state index >= 15 is 0 Å². The highest BCUT2D eigenvalue weighted by Gasteiger charge is 2.15. The Labute approximate surface area is 123 Å². The van der Waals surface area contributed by atoms with Crippen molar-refractivity contribution in [3.8, 4) is 11.5 Å². The average molecular weight is 279 g/mol. The van der Waals surface area contributed by atoms with Gasteiger partial charge in [-0.2, -0.15) is 0 Å². The lowest BCUT2D eigenvalue weighted by Gasteiger charge is -2.15. The lowest BCUT2D eigenvalue weighted by Crippen LogP contribution is -2.09. The van der Waals surface area contributed by atoms with Gasteiger partial charge in [-0.25, -0.2) is 15.0 Å². The van der Waals surface area contributed by atoms with Crippen molar-refractivity contribution in [1.82, 2.24) is 24.5 Å². The number of aromatic nitrogens is 5. The van der Waals surface area contributed by atoms with Crippen LogP contribution in [-0.4, -0.2) is 24.5 Å². The van der Waals surface area contributed by atoms with Crippen LogP contribution >= 0.6 is 0 Å². The summed E-state index contributed by atoms with van der Waals surface area (Å²) in [5.41, 5.74) is 3.05. The van der Waals surface area contributed by atoms with Crippen LogP contribution in [0.15, 0.2) is 49.3 Å². The zero-order valence-electron chi connectivity index (χ0n) is 12.1. The van der Waals surface area contributed by atoms with Crippen molar-refractivity contribution < 1.29 is 0 Å². The lowest BCUT2D eigenvalue weighted by molar-refractivity contribution is 0.623. The van der Waals surface area contributed by atoms with Crippen LogP contribution in [0.5, 0.6) is 0 Å². The molecule has 21 heavy (non-hydrogen) atoms. The summed E-state index contributed by atoms with van der Waals surface area (Å²) in [6.07, 6.45) is 9.96. The molecule has 106 valence electrons. The van der Waals surface area contributed by atoms with Crippen molar-refractivity contribution in [2.45, 2.75) is 26.3 Å². The van der Waals surface area contributed by atoms with Crippen LogP contribution in [0.1, 0.15) is 31.1 Å². The Morgan fingerprint density at radius 1 is 1.10 bits per heavy atom. The molecule has 0 aliphatic rings. The van der Waals surface area contributed by atoms with Gasteiger partial charge in [0, 0.05) is 24.8 Å². The number of hydrogen-bond acceptors (Lipinski definition) is 4. The van der Waals surface area contributed by atoms with Gasteiger partial charge >= 0.3 is 0 Å². The van der Waals surface area contributed by atoms with Crippen LogP contribution in [0.4, 0.5) is 0 Å². The third-order valence-corrected chi connectivity index (χ3v) is 3.58. The SMILES string of the molecule is CCc1ccc(-c2nccn2C(C)c2ccncn2)nc1. The van der Waals surface area contributed by atoms with Crippen LogP contribution in [0, 0.1) is 0 Å². The summed E-state index contributed by atoms with van der Waals surface area (Å²) in [4.78, 5) is 17.2. The minimum atomic E-state index is 0.0816. The molecule has 0 amide bonds. The molecule has 0 aliphatic heterocycles. The molecule has 3 aromatic heterocycles. The highest BCUT2D eigenvalue weighted by atomic mass is 15.1. The maximum Gasteiger partial charge on any atom is 0.159 e. The van der Waals surface area contributed by atoms with Crippen molar-refractivity contribution in [2.75, 3.05) is 0 Å². The van der Waals surface area contributed by atoms with Gasteiger partial charge in [-0.05, 0) is 31.0 Å². The van der Waals surface area contributed by atoms with Crippen LogP contribution in [0.25, 0.3) is 11.5 Å². The van der Waals surface area contributed by atoms with E-state index < -0.39 is 0 Å². The fourth-order valence-electron chi connectivity index (χ4n) is 2.28. The quantitative estimate of drug-likeness (QED) is 0.737. The standard InChI is InChI=1S/C16H17N5/c1-3-13-4-5-15(19-10-13)16-18-8-9-21(16)12(2)14-6-7-17-11-20-14/h4-12H,3H2,1-2H3. The van der Waals surface area contributed by atoms with Gasteiger partial charge in [0.25, 0.3) is 0 Å². The summed E-state index contributed by atoms with van der Waals surface area (Å²) >= 11 is 0. The second-order valence-corrected chi connectivity index (χ2v) is 4.87. The minimum Gasteiger partial charge on any atom is -0.321 e. The molecule has 0 fully saturated rings. The van der Waals surface area contributed by atoms with Gasteiger partial charge in [-0.1, -0.05) is 13.0 Å². The Balaban J connectivity index is 1.96. The maximum atomic E-state index is 4.51. The number of rotatable bonds is 4. The number of nitrogens with zero attached hydrogens (tertiary/aromatic N) is 5. The van der Waals surface area contributed by atoms with E-state index in [-0.39, 0.29) is 6.04 Å². The van der Waals surface area contributed by atoms with Crippen molar-refractivity contribution in [3.63, 3.8) is 0 Å². The predicted molar refractivity (Wildman–Crippen MR) is 80.7 cm³/mol. The normalized spacial score (nSPS) is 12.3. The Hall–Kier alpha value is -2.56. The van der Waals surface area contributed by atoms with E-state index in [1.165, 1.54) is 5.56 Å². The largest absolute Gasteiger partial charge is 0.321 e. The van der Waals surface area contributed by atoms with Gasteiger partial charge < -0.3 is 4.57 Å². The van der Waals surface area contributed by atoms with Gasteiger partial charge in [-0.3, -0.25) is 4.98 Å². The summed E-state index contributed by atoms with van der Waals surface area (Å²) in [7, 11) is 0. The fraction of sp³-hybridized carbons (Fsp3) is 0.250. The second-order valence-electron chi connectivity index (χ2n) is 4.87. The second kappa shape index (κ2) is 5.83. The first-order chi connectivity index (χ1) is 10.3. The summed E-state index contributed by atoms with van der Waals surface area (Å²) in [5, 5.41) is 0. The zero-order valence-corrected chi connectivity index (χ0v) is 12.1. The van der Waals surface area contributed by atoms with Crippen LogP contribution in [0.3, 0.4) is 0 Å². The van der Waals surface area contributed by atoms with Crippen LogP contribution < -0.4 is 0 Å². The Bertz CT molecular complexity index is 703. The molecule has 0 aromatic carbocycles. The molecule has 3 rings (SSSR count). The van der Waals surface area contributed by atoms with Gasteiger partial charge in [0.15, 0.2) is 5.82 Å². The van der Waals surface area contributed by atoms with E-state index in [4.69, 9.17) is 0 Å². The Morgan fingerprint density at radius 2 is 2.00 bits per heavy atom. The molecule has 5 nitrogen and oxygen atoms in total. The third kappa shape index (κ3) is 2.67. The zero-order chi connectivity index (χ0) is 14.7. The van der Waals surface area contributed by atoms with E-state index in [1.807, 2.05) is 24.5 Å². The molecular weight excluding hydrogens is 262 g/mol. The summed E-state index contributed by atoms with van der Waals surface area (Å²) in [6, 6.07) is 6.11.